The van der Waals surface area contributed by atoms with Crippen LogP contribution in [0.1, 0.15) is 20.3 Å². The van der Waals surface area contributed by atoms with E-state index >= 15 is 0 Å². The molecule has 1 aromatic heterocycles. The number of nitrogens with zero attached hydrogens (tertiary/aromatic N) is 2. The highest BCUT2D eigenvalue weighted by Gasteiger charge is 2.39. The lowest BCUT2D eigenvalue weighted by Crippen LogP contribution is -2.39. The number of aliphatic hydroxyl groups excluding tert-OH is 1. The maximum absolute atomic E-state index is 12.6. The van der Waals surface area contributed by atoms with Gasteiger partial charge in [-0.3, -0.25) is 0 Å². The second kappa shape index (κ2) is 6.07. The fourth-order valence-corrected chi connectivity index (χ4v) is 4.17. The first-order chi connectivity index (χ1) is 9.50. The molecule has 2 N–H and O–H groups in total. The van der Waals surface area contributed by atoms with Gasteiger partial charge in [0, 0.05) is 19.3 Å². The van der Waals surface area contributed by atoms with Gasteiger partial charge in [-0.05, 0) is 31.4 Å². The lowest BCUT2D eigenvalue weighted by molar-refractivity contribution is 0.191. The van der Waals surface area contributed by atoms with Crippen LogP contribution < -0.4 is 5.32 Å². The van der Waals surface area contributed by atoms with Crippen LogP contribution in [-0.4, -0.2) is 48.6 Å². The van der Waals surface area contributed by atoms with Crippen molar-refractivity contribution in [3.8, 4) is 0 Å². The van der Waals surface area contributed by atoms with Crippen LogP contribution in [-0.2, 0) is 10.0 Å². The molecular weight excluding hydrogens is 278 g/mol. The molecule has 112 valence electrons. The van der Waals surface area contributed by atoms with Crippen molar-refractivity contribution in [1.82, 2.24) is 9.29 Å². The number of rotatable bonds is 5. The normalized spacial score (nSPS) is 23.9. The van der Waals surface area contributed by atoms with Crippen LogP contribution >= 0.6 is 0 Å². The second-order valence-corrected chi connectivity index (χ2v) is 6.93. The van der Waals surface area contributed by atoms with Crippen LogP contribution in [0, 0.1) is 5.92 Å². The van der Waals surface area contributed by atoms with Gasteiger partial charge in [-0.2, -0.15) is 4.31 Å². The number of aromatic nitrogens is 1. The van der Waals surface area contributed by atoms with E-state index in [1.807, 2.05) is 13.8 Å². The van der Waals surface area contributed by atoms with Gasteiger partial charge in [0.05, 0.1) is 12.6 Å². The van der Waals surface area contributed by atoms with Gasteiger partial charge in [-0.1, -0.05) is 6.92 Å². The maximum Gasteiger partial charge on any atom is 0.244 e. The molecule has 1 aliphatic heterocycles. The van der Waals surface area contributed by atoms with E-state index in [4.69, 9.17) is 0 Å². The molecule has 0 amide bonds. The molecule has 1 aromatic rings. The van der Waals surface area contributed by atoms with E-state index in [0.717, 1.165) is 13.0 Å². The molecule has 0 saturated carbocycles. The predicted molar refractivity (Wildman–Crippen MR) is 76.9 cm³/mol. The quantitative estimate of drug-likeness (QED) is 0.844. The minimum absolute atomic E-state index is 0.150. The summed E-state index contributed by atoms with van der Waals surface area (Å²) >= 11 is 0. The summed E-state index contributed by atoms with van der Waals surface area (Å²) in [4.78, 5) is 4.27. The Kier molecular flexibility index (Phi) is 4.62. The smallest absolute Gasteiger partial charge is 0.244 e. The highest BCUT2D eigenvalue weighted by molar-refractivity contribution is 7.89. The molecule has 2 atom stereocenters. The van der Waals surface area contributed by atoms with E-state index in [-0.39, 0.29) is 23.5 Å². The Balaban J connectivity index is 2.26. The summed E-state index contributed by atoms with van der Waals surface area (Å²) in [6, 6.07) is 2.87. The Bertz CT molecular complexity index is 544. The third kappa shape index (κ3) is 2.79. The summed E-state index contributed by atoms with van der Waals surface area (Å²) in [6.45, 7) is 4.94. The van der Waals surface area contributed by atoms with Gasteiger partial charge in [0.15, 0.2) is 0 Å². The number of pyridine rings is 1. The zero-order chi connectivity index (χ0) is 14.8. The molecule has 6 nitrogen and oxygen atoms in total. The van der Waals surface area contributed by atoms with Gasteiger partial charge in [0.2, 0.25) is 10.0 Å². The molecule has 20 heavy (non-hydrogen) atoms. The first-order valence-electron chi connectivity index (χ1n) is 6.83. The third-order valence-corrected chi connectivity index (χ3v) is 5.63. The lowest BCUT2D eigenvalue weighted by Gasteiger charge is -2.24. The average Bonchev–Trinajstić information content (AvgIpc) is 2.81. The number of anilines is 1. The number of hydrogen-bond acceptors (Lipinski definition) is 5. The highest BCUT2D eigenvalue weighted by Crippen LogP contribution is 2.29. The average molecular weight is 299 g/mol. The SMILES string of the molecule is CCNc1ccc(S(=O)(=O)N2CCC(C)C2CO)cn1. The van der Waals surface area contributed by atoms with E-state index in [2.05, 4.69) is 10.3 Å². The molecule has 2 unspecified atom stereocenters. The standard InChI is InChI=1S/C13H21N3O3S/c1-3-14-13-5-4-11(8-15-13)20(18,19)16-7-6-10(2)12(16)9-17/h4-5,8,10,12,17H,3,6-7,9H2,1-2H3,(H,14,15). The molecule has 0 bridgehead atoms. The van der Waals surface area contributed by atoms with E-state index in [1.165, 1.54) is 10.5 Å². The van der Waals surface area contributed by atoms with Crippen molar-refractivity contribution in [1.29, 1.82) is 0 Å². The van der Waals surface area contributed by atoms with E-state index < -0.39 is 10.0 Å². The summed E-state index contributed by atoms with van der Waals surface area (Å²) in [5, 5.41) is 12.4. The Morgan fingerprint density at radius 3 is 2.80 bits per heavy atom. The Labute approximate surface area is 119 Å². The van der Waals surface area contributed by atoms with E-state index in [9.17, 15) is 13.5 Å². The molecule has 0 spiro atoms. The number of nitrogens with one attached hydrogen (secondary N) is 1. The third-order valence-electron chi connectivity index (χ3n) is 3.72. The number of hydrogen-bond donors (Lipinski definition) is 2. The lowest BCUT2D eigenvalue weighted by atomic mass is 10.0. The summed E-state index contributed by atoms with van der Waals surface area (Å²) in [6.07, 6.45) is 2.14. The minimum atomic E-state index is -3.58. The molecule has 2 heterocycles. The molecule has 0 aliphatic carbocycles. The molecule has 7 heteroatoms. The fourth-order valence-electron chi connectivity index (χ4n) is 2.50. The van der Waals surface area contributed by atoms with Crippen molar-refractivity contribution in [2.24, 2.45) is 5.92 Å². The van der Waals surface area contributed by atoms with Crippen LogP contribution in [0.4, 0.5) is 5.82 Å². The van der Waals surface area contributed by atoms with Gasteiger partial charge < -0.3 is 10.4 Å². The van der Waals surface area contributed by atoms with Crippen molar-refractivity contribution < 1.29 is 13.5 Å². The molecule has 1 aliphatic rings. The van der Waals surface area contributed by atoms with Crippen LogP contribution in [0.3, 0.4) is 0 Å². The van der Waals surface area contributed by atoms with Gasteiger partial charge >= 0.3 is 0 Å². The van der Waals surface area contributed by atoms with Crippen molar-refractivity contribution in [3.05, 3.63) is 18.3 Å². The zero-order valence-corrected chi connectivity index (χ0v) is 12.6. The highest BCUT2D eigenvalue weighted by atomic mass is 32.2. The predicted octanol–water partition coefficient (Wildman–Crippen LogP) is 0.905. The minimum Gasteiger partial charge on any atom is -0.395 e. The van der Waals surface area contributed by atoms with Crippen molar-refractivity contribution in [3.63, 3.8) is 0 Å². The summed E-state index contributed by atoms with van der Waals surface area (Å²) in [7, 11) is -3.58. The van der Waals surface area contributed by atoms with Gasteiger partial charge in [0.1, 0.15) is 10.7 Å². The van der Waals surface area contributed by atoms with Crippen molar-refractivity contribution in [2.75, 3.05) is 25.0 Å². The molecular formula is C13H21N3O3S. The number of aliphatic hydroxyl groups is 1. The molecule has 2 rings (SSSR count). The van der Waals surface area contributed by atoms with Crippen LogP contribution in [0.15, 0.2) is 23.2 Å². The summed E-state index contributed by atoms with van der Waals surface area (Å²) < 4.78 is 26.5. The van der Waals surface area contributed by atoms with E-state index in [1.54, 1.807) is 12.1 Å². The molecule has 0 radical (unpaired) electrons. The van der Waals surface area contributed by atoms with Crippen LogP contribution in [0.25, 0.3) is 0 Å². The van der Waals surface area contributed by atoms with Crippen molar-refractivity contribution in [2.45, 2.75) is 31.2 Å². The summed E-state index contributed by atoms with van der Waals surface area (Å²) in [5.74, 6) is 0.823. The Morgan fingerprint density at radius 1 is 1.50 bits per heavy atom. The maximum atomic E-state index is 12.6. The fraction of sp³-hybridized carbons (Fsp3) is 0.615. The van der Waals surface area contributed by atoms with Gasteiger partial charge in [-0.25, -0.2) is 13.4 Å². The molecule has 1 saturated heterocycles. The van der Waals surface area contributed by atoms with E-state index in [0.29, 0.717) is 12.4 Å². The number of sulfonamides is 1. The zero-order valence-electron chi connectivity index (χ0n) is 11.8. The Hall–Kier alpha value is -1.18. The first kappa shape index (κ1) is 15.2. The topological polar surface area (TPSA) is 82.5 Å². The monoisotopic (exact) mass is 299 g/mol. The summed E-state index contributed by atoms with van der Waals surface area (Å²) in [5.41, 5.74) is 0. The van der Waals surface area contributed by atoms with Crippen LogP contribution in [0.5, 0.6) is 0 Å². The molecule has 1 fully saturated rings. The second-order valence-electron chi connectivity index (χ2n) is 5.04. The van der Waals surface area contributed by atoms with Gasteiger partial charge in [0.25, 0.3) is 0 Å². The first-order valence-corrected chi connectivity index (χ1v) is 8.27. The molecule has 0 aromatic carbocycles. The van der Waals surface area contributed by atoms with Crippen LogP contribution in [0.2, 0.25) is 0 Å². The largest absolute Gasteiger partial charge is 0.395 e. The van der Waals surface area contributed by atoms with Crippen molar-refractivity contribution >= 4 is 15.8 Å². The Morgan fingerprint density at radius 2 is 2.25 bits per heavy atom. The van der Waals surface area contributed by atoms with Gasteiger partial charge in [-0.15, -0.1) is 0 Å².